The summed E-state index contributed by atoms with van der Waals surface area (Å²) in [5, 5.41) is 12.6. The summed E-state index contributed by atoms with van der Waals surface area (Å²) < 4.78 is 5.10. The van der Waals surface area contributed by atoms with Gasteiger partial charge in [0.1, 0.15) is 0 Å². The van der Waals surface area contributed by atoms with E-state index in [9.17, 15) is 5.11 Å². The summed E-state index contributed by atoms with van der Waals surface area (Å²) in [6.07, 6.45) is 1.69. The Morgan fingerprint density at radius 2 is 2.12 bits per heavy atom. The fourth-order valence-corrected chi connectivity index (χ4v) is 2.01. The van der Waals surface area contributed by atoms with Gasteiger partial charge in [-0.15, -0.1) is 0 Å². The van der Waals surface area contributed by atoms with E-state index in [4.69, 9.17) is 4.74 Å². The quantitative estimate of drug-likeness (QED) is 0.790. The van der Waals surface area contributed by atoms with Gasteiger partial charge in [0.05, 0.1) is 12.7 Å². The van der Waals surface area contributed by atoms with Crippen molar-refractivity contribution >= 4 is 0 Å². The molecule has 0 spiro atoms. The molecule has 88 valence electrons. The Bertz CT molecular complexity index is 334. The van der Waals surface area contributed by atoms with E-state index < -0.39 is 0 Å². The molecule has 1 saturated carbocycles. The monoisotopic (exact) mass is 221 g/mol. The van der Waals surface area contributed by atoms with Gasteiger partial charge in [0.25, 0.3) is 0 Å². The van der Waals surface area contributed by atoms with Gasteiger partial charge in [0.2, 0.25) is 0 Å². The normalized spacial score (nSPS) is 24.1. The van der Waals surface area contributed by atoms with E-state index in [0.717, 1.165) is 19.4 Å². The van der Waals surface area contributed by atoms with Crippen LogP contribution in [-0.4, -0.2) is 24.4 Å². The van der Waals surface area contributed by atoms with E-state index in [0.29, 0.717) is 12.6 Å². The van der Waals surface area contributed by atoms with E-state index in [-0.39, 0.29) is 6.10 Å². The fourth-order valence-electron chi connectivity index (χ4n) is 2.01. The van der Waals surface area contributed by atoms with Gasteiger partial charge in [-0.1, -0.05) is 24.3 Å². The predicted octanol–water partition coefficient (Wildman–Crippen LogP) is 1.45. The summed E-state index contributed by atoms with van der Waals surface area (Å²) in [6, 6.07) is 8.88. The van der Waals surface area contributed by atoms with Crippen LogP contribution in [0.5, 0.6) is 0 Å². The molecule has 0 heterocycles. The van der Waals surface area contributed by atoms with Crippen molar-refractivity contribution in [3.8, 4) is 0 Å². The minimum Gasteiger partial charge on any atom is -0.393 e. The molecule has 2 rings (SSSR count). The molecule has 0 bridgehead atoms. The number of aliphatic hydroxyl groups excluding tert-OH is 1. The number of rotatable bonds is 5. The zero-order chi connectivity index (χ0) is 11.4. The molecule has 0 atom stereocenters. The largest absolute Gasteiger partial charge is 0.393 e. The zero-order valence-electron chi connectivity index (χ0n) is 9.65. The lowest BCUT2D eigenvalue weighted by atomic mass is 9.89. The maximum atomic E-state index is 9.17. The Balaban J connectivity index is 1.81. The van der Waals surface area contributed by atoms with Gasteiger partial charge >= 0.3 is 0 Å². The molecule has 1 fully saturated rings. The number of nitrogens with one attached hydrogen (secondary N) is 1. The third-order valence-corrected chi connectivity index (χ3v) is 3.01. The van der Waals surface area contributed by atoms with Crippen molar-refractivity contribution in [2.24, 2.45) is 0 Å². The third-order valence-electron chi connectivity index (χ3n) is 3.01. The van der Waals surface area contributed by atoms with E-state index in [2.05, 4.69) is 29.6 Å². The van der Waals surface area contributed by atoms with Crippen molar-refractivity contribution in [2.75, 3.05) is 7.11 Å². The van der Waals surface area contributed by atoms with Crippen LogP contribution in [0.15, 0.2) is 24.3 Å². The number of hydrogen-bond donors (Lipinski definition) is 2. The molecule has 0 aliphatic heterocycles. The minimum absolute atomic E-state index is 0.0858. The van der Waals surface area contributed by atoms with Crippen molar-refractivity contribution in [3.63, 3.8) is 0 Å². The summed E-state index contributed by atoms with van der Waals surface area (Å²) in [5.74, 6) is 0. The third kappa shape index (κ3) is 3.04. The zero-order valence-corrected chi connectivity index (χ0v) is 9.65. The van der Waals surface area contributed by atoms with Crippen LogP contribution in [0.1, 0.15) is 24.0 Å². The molecule has 0 saturated heterocycles. The predicted molar refractivity (Wildman–Crippen MR) is 63.0 cm³/mol. The second-order valence-corrected chi connectivity index (χ2v) is 4.46. The molecule has 1 aromatic carbocycles. The van der Waals surface area contributed by atoms with E-state index in [1.807, 2.05) is 0 Å². The Labute approximate surface area is 96.4 Å². The molecular weight excluding hydrogens is 202 g/mol. The van der Waals surface area contributed by atoms with Gasteiger partial charge in [0.15, 0.2) is 0 Å². The average Bonchev–Trinajstić information content (AvgIpc) is 2.24. The number of ether oxygens (including phenoxy) is 1. The van der Waals surface area contributed by atoms with Gasteiger partial charge in [-0.2, -0.15) is 0 Å². The van der Waals surface area contributed by atoms with Crippen LogP contribution < -0.4 is 5.32 Å². The molecule has 0 radical (unpaired) electrons. The highest BCUT2D eigenvalue weighted by molar-refractivity contribution is 5.23. The highest BCUT2D eigenvalue weighted by Gasteiger charge is 2.26. The Kier molecular flexibility index (Phi) is 3.93. The van der Waals surface area contributed by atoms with Gasteiger partial charge in [-0.25, -0.2) is 0 Å². The molecule has 1 aliphatic carbocycles. The van der Waals surface area contributed by atoms with Gasteiger partial charge in [-0.3, -0.25) is 0 Å². The first-order valence-electron chi connectivity index (χ1n) is 5.76. The number of aliphatic hydroxyl groups is 1. The smallest absolute Gasteiger partial charge is 0.0713 e. The summed E-state index contributed by atoms with van der Waals surface area (Å²) in [7, 11) is 1.71. The van der Waals surface area contributed by atoms with Crippen LogP contribution in [0.4, 0.5) is 0 Å². The molecule has 0 aromatic heterocycles. The summed E-state index contributed by atoms with van der Waals surface area (Å²) in [6.45, 7) is 1.53. The lowest BCUT2D eigenvalue weighted by Crippen LogP contribution is -2.43. The molecule has 2 N–H and O–H groups in total. The molecule has 3 nitrogen and oxygen atoms in total. The first-order chi connectivity index (χ1) is 7.78. The van der Waals surface area contributed by atoms with Crippen molar-refractivity contribution in [1.29, 1.82) is 0 Å². The molecule has 1 aromatic rings. The lowest BCUT2D eigenvalue weighted by Gasteiger charge is -2.32. The number of hydrogen-bond acceptors (Lipinski definition) is 3. The van der Waals surface area contributed by atoms with Gasteiger partial charge in [-0.05, 0) is 24.0 Å². The first kappa shape index (κ1) is 11.6. The first-order valence-corrected chi connectivity index (χ1v) is 5.76. The number of methoxy groups -OCH3 is 1. The van der Waals surface area contributed by atoms with Crippen LogP contribution in [0.25, 0.3) is 0 Å². The topological polar surface area (TPSA) is 41.5 Å². The SMILES string of the molecule is COCc1cccc(CNC2CC(O)C2)c1. The fraction of sp³-hybridized carbons (Fsp3) is 0.538. The highest BCUT2D eigenvalue weighted by atomic mass is 16.5. The van der Waals surface area contributed by atoms with E-state index in [1.54, 1.807) is 7.11 Å². The maximum Gasteiger partial charge on any atom is 0.0713 e. The minimum atomic E-state index is -0.0858. The Hall–Kier alpha value is -0.900. The lowest BCUT2D eigenvalue weighted by molar-refractivity contribution is 0.0619. The molecule has 1 aliphatic rings. The molecular formula is C13H19NO2. The van der Waals surface area contributed by atoms with Gasteiger partial charge < -0.3 is 15.2 Å². The van der Waals surface area contributed by atoms with Crippen LogP contribution in [0.2, 0.25) is 0 Å². The maximum absolute atomic E-state index is 9.17. The van der Waals surface area contributed by atoms with E-state index in [1.165, 1.54) is 11.1 Å². The molecule has 16 heavy (non-hydrogen) atoms. The van der Waals surface area contributed by atoms with Gasteiger partial charge in [0, 0.05) is 19.7 Å². The average molecular weight is 221 g/mol. The standard InChI is InChI=1S/C13H19NO2/c1-16-9-11-4-2-3-10(5-11)8-14-12-6-13(15)7-12/h2-5,12-15H,6-9H2,1H3. The summed E-state index contributed by atoms with van der Waals surface area (Å²) in [4.78, 5) is 0. The van der Waals surface area contributed by atoms with Crippen LogP contribution in [0.3, 0.4) is 0 Å². The van der Waals surface area contributed by atoms with Crippen LogP contribution in [0, 0.1) is 0 Å². The summed E-state index contributed by atoms with van der Waals surface area (Å²) >= 11 is 0. The second-order valence-electron chi connectivity index (χ2n) is 4.46. The van der Waals surface area contributed by atoms with Crippen LogP contribution in [-0.2, 0) is 17.9 Å². The van der Waals surface area contributed by atoms with Crippen molar-refractivity contribution < 1.29 is 9.84 Å². The van der Waals surface area contributed by atoms with E-state index >= 15 is 0 Å². The number of benzene rings is 1. The van der Waals surface area contributed by atoms with Crippen LogP contribution >= 0.6 is 0 Å². The van der Waals surface area contributed by atoms with Crippen molar-refractivity contribution in [3.05, 3.63) is 35.4 Å². The molecule has 3 heteroatoms. The highest BCUT2D eigenvalue weighted by Crippen LogP contribution is 2.19. The van der Waals surface area contributed by atoms with Crippen molar-refractivity contribution in [1.82, 2.24) is 5.32 Å². The Morgan fingerprint density at radius 1 is 1.38 bits per heavy atom. The van der Waals surface area contributed by atoms with Crippen molar-refractivity contribution in [2.45, 2.75) is 38.1 Å². The Morgan fingerprint density at radius 3 is 2.81 bits per heavy atom. The second kappa shape index (κ2) is 5.43. The molecule has 0 unspecified atom stereocenters. The summed E-state index contributed by atoms with van der Waals surface area (Å²) in [5.41, 5.74) is 2.48. The molecule has 0 amide bonds.